The van der Waals surface area contributed by atoms with Crippen LogP contribution in [0.5, 0.6) is 5.75 Å². The van der Waals surface area contributed by atoms with Gasteiger partial charge >= 0.3 is 13.7 Å². The molecule has 0 spiro atoms. The molecule has 1 aromatic carbocycles. The maximum absolute atomic E-state index is 15.3. The van der Waals surface area contributed by atoms with Gasteiger partial charge in [-0.05, 0) is 24.6 Å². The van der Waals surface area contributed by atoms with Crippen LogP contribution in [0.2, 0.25) is 0 Å². The molecule has 14 heteroatoms. The van der Waals surface area contributed by atoms with Crippen molar-refractivity contribution < 1.29 is 32.6 Å². The number of fused-ring (bicyclic) bond motifs is 1. The number of aliphatic hydroxyl groups is 1. The standard InChI is InChI=1S/C22H26FN6O6P/c1-12-15(19(30)16(23)18(12)29-11-27-17-20(24)25-10-26-21(17)29)9-34-36(32,28-13(2)22(31)33-3)35-14-7-5-4-6-8-14/h4-8,10-11,13,15-16,18-19,30H,1,9H2,2-3H3,(H,28,32)(H2,24,25,26)/t13-,15+,16+,18-,19?,36?/m1/s1. The third kappa shape index (κ3) is 4.96. The van der Waals surface area contributed by atoms with Crippen molar-refractivity contribution >= 4 is 30.7 Å². The summed E-state index contributed by atoms with van der Waals surface area (Å²) >= 11 is 0. The van der Waals surface area contributed by atoms with Gasteiger partial charge in [-0.2, -0.15) is 5.09 Å². The first-order valence-corrected chi connectivity index (χ1v) is 12.5. The molecule has 1 aliphatic carbocycles. The number of carbonyl (C=O) groups excluding carboxylic acids is 1. The topological polar surface area (TPSA) is 164 Å². The van der Waals surface area contributed by atoms with Crippen molar-refractivity contribution in [3.63, 3.8) is 0 Å². The van der Waals surface area contributed by atoms with E-state index in [1.165, 1.54) is 31.3 Å². The third-order valence-corrected chi connectivity index (χ3v) is 7.53. The van der Waals surface area contributed by atoms with Gasteiger partial charge in [-0.25, -0.2) is 23.9 Å². The van der Waals surface area contributed by atoms with E-state index in [4.69, 9.17) is 14.8 Å². The van der Waals surface area contributed by atoms with Crippen LogP contribution in [0.3, 0.4) is 0 Å². The monoisotopic (exact) mass is 520 g/mol. The highest BCUT2D eigenvalue weighted by Gasteiger charge is 2.48. The molecule has 36 heavy (non-hydrogen) atoms. The van der Waals surface area contributed by atoms with Gasteiger partial charge < -0.3 is 24.7 Å². The summed E-state index contributed by atoms with van der Waals surface area (Å²) in [6, 6.07) is 6.08. The smallest absolute Gasteiger partial charge is 0.459 e. The third-order valence-electron chi connectivity index (χ3n) is 5.88. The van der Waals surface area contributed by atoms with Gasteiger partial charge in [-0.1, -0.05) is 24.8 Å². The minimum absolute atomic E-state index is 0.128. The molecule has 0 bridgehead atoms. The number of aromatic nitrogens is 4. The number of anilines is 1. The van der Waals surface area contributed by atoms with E-state index in [-0.39, 0.29) is 28.3 Å². The highest BCUT2D eigenvalue weighted by atomic mass is 31.2. The van der Waals surface area contributed by atoms with E-state index in [1.54, 1.807) is 30.3 Å². The zero-order valence-electron chi connectivity index (χ0n) is 19.5. The maximum Gasteiger partial charge on any atom is 0.459 e. The first kappa shape index (κ1) is 25.7. The summed E-state index contributed by atoms with van der Waals surface area (Å²) in [6.45, 7) is 4.96. The molecule has 4 rings (SSSR count). The second-order valence-corrected chi connectivity index (χ2v) is 9.91. The fraction of sp³-hybridized carbons (Fsp3) is 0.364. The van der Waals surface area contributed by atoms with Crippen molar-refractivity contribution in [2.45, 2.75) is 31.3 Å². The van der Waals surface area contributed by atoms with Gasteiger partial charge in [0, 0.05) is 5.92 Å². The molecule has 0 saturated heterocycles. The molecule has 0 radical (unpaired) electrons. The van der Waals surface area contributed by atoms with Crippen molar-refractivity contribution in [2.24, 2.45) is 5.92 Å². The van der Waals surface area contributed by atoms with Gasteiger partial charge in [0.05, 0.1) is 32.2 Å². The van der Waals surface area contributed by atoms with Gasteiger partial charge in [-0.15, -0.1) is 0 Å². The van der Waals surface area contributed by atoms with Crippen LogP contribution < -0.4 is 15.3 Å². The number of imidazole rings is 1. The molecule has 1 saturated carbocycles. The van der Waals surface area contributed by atoms with Gasteiger partial charge in [-0.3, -0.25) is 9.32 Å². The van der Waals surface area contributed by atoms with Crippen molar-refractivity contribution in [3.05, 3.63) is 55.1 Å². The molecule has 192 valence electrons. The summed E-state index contributed by atoms with van der Waals surface area (Å²) in [5, 5.41) is 13.2. The highest BCUT2D eigenvalue weighted by molar-refractivity contribution is 7.52. The van der Waals surface area contributed by atoms with E-state index in [2.05, 4.69) is 31.4 Å². The minimum Gasteiger partial charge on any atom is -0.468 e. The minimum atomic E-state index is -4.20. The van der Waals surface area contributed by atoms with Crippen molar-refractivity contribution in [3.8, 4) is 5.75 Å². The van der Waals surface area contributed by atoms with E-state index in [9.17, 15) is 14.5 Å². The number of esters is 1. The first-order chi connectivity index (χ1) is 17.1. The molecule has 1 aliphatic rings. The van der Waals surface area contributed by atoms with Crippen molar-refractivity contribution in [1.82, 2.24) is 24.6 Å². The number of nitrogen functional groups attached to an aromatic ring is 1. The SMILES string of the molecule is C=C1[C@@H](n2cnc3c(N)ncnc32)[C@H](F)C(O)[C@H]1COP(=O)(N[C@H](C)C(=O)OC)Oc1ccccc1. The molecule has 0 amide bonds. The number of halogens is 1. The lowest BCUT2D eigenvalue weighted by atomic mass is 10.0. The number of alkyl halides is 1. The number of nitrogens with zero attached hydrogens (tertiary/aromatic N) is 4. The molecular weight excluding hydrogens is 494 g/mol. The largest absolute Gasteiger partial charge is 0.468 e. The summed E-state index contributed by atoms with van der Waals surface area (Å²) < 4.78 is 46.2. The summed E-state index contributed by atoms with van der Waals surface area (Å²) in [4.78, 5) is 24.0. The number of hydrogen-bond donors (Lipinski definition) is 3. The van der Waals surface area contributed by atoms with Gasteiger partial charge in [0.25, 0.3) is 0 Å². The number of nitrogens with one attached hydrogen (secondary N) is 1. The Morgan fingerprint density at radius 1 is 1.33 bits per heavy atom. The van der Waals surface area contributed by atoms with Crippen LogP contribution in [0.15, 0.2) is 55.1 Å². The number of hydrogen-bond acceptors (Lipinski definition) is 10. The van der Waals surface area contributed by atoms with Gasteiger partial charge in [0.1, 0.15) is 23.6 Å². The Kier molecular flexibility index (Phi) is 7.36. The molecular formula is C22H26FN6O6P. The zero-order valence-corrected chi connectivity index (χ0v) is 20.4. The van der Waals surface area contributed by atoms with Crippen LogP contribution in [-0.2, 0) is 18.6 Å². The summed E-state index contributed by atoms with van der Waals surface area (Å²) in [7, 11) is -3.01. The molecule has 3 aromatic rings. The Morgan fingerprint density at radius 2 is 2.06 bits per heavy atom. The number of ether oxygens (including phenoxy) is 1. The average Bonchev–Trinajstić information content (AvgIpc) is 3.37. The maximum atomic E-state index is 15.3. The van der Waals surface area contributed by atoms with Crippen molar-refractivity contribution in [1.29, 1.82) is 0 Å². The highest BCUT2D eigenvalue weighted by Crippen LogP contribution is 2.48. The van der Waals surface area contributed by atoms with Gasteiger partial charge in [0.2, 0.25) is 0 Å². The van der Waals surface area contributed by atoms with Crippen LogP contribution in [0.25, 0.3) is 11.2 Å². The molecule has 12 nitrogen and oxygen atoms in total. The van der Waals surface area contributed by atoms with E-state index < -0.39 is 50.6 Å². The van der Waals surface area contributed by atoms with Crippen LogP contribution in [0.1, 0.15) is 13.0 Å². The normalized spacial score (nSPS) is 24.4. The molecule has 2 aromatic heterocycles. The van der Waals surface area contributed by atoms with E-state index in [0.717, 1.165) is 0 Å². The Labute approximate surface area is 205 Å². The molecule has 1 fully saturated rings. The molecule has 2 unspecified atom stereocenters. The molecule has 6 atom stereocenters. The molecule has 4 N–H and O–H groups in total. The molecule has 0 aliphatic heterocycles. The Hall–Kier alpha value is -3.38. The fourth-order valence-electron chi connectivity index (χ4n) is 4.02. The number of benzene rings is 1. The fourth-order valence-corrected chi connectivity index (χ4v) is 5.53. The lowest BCUT2D eigenvalue weighted by molar-refractivity contribution is -0.142. The number of nitrogens with two attached hydrogens (primary N) is 1. The summed E-state index contributed by atoms with van der Waals surface area (Å²) in [6.07, 6.45) is -0.765. The number of methoxy groups -OCH3 is 1. The first-order valence-electron chi connectivity index (χ1n) is 10.9. The predicted molar refractivity (Wildman–Crippen MR) is 128 cm³/mol. The van der Waals surface area contributed by atoms with Crippen LogP contribution in [0.4, 0.5) is 10.2 Å². The lowest BCUT2D eigenvalue weighted by Gasteiger charge is -2.25. The zero-order chi connectivity index (χ0) is 26.0. The number of aliphatic hydroxyl groups excluding tert-OH is 1. The average molecular weight is 520 g/mol. The summed E-state index contributed by atoms with van der Waals surface area (Å²) in [5.41, 5.74) is 6.65. The van der Waals surface area contributed by atoms with Crippen molar-refractivity contribution in [2.75, 3.05) is 19.5 Å². The Bertz CT molecular complexity index is 1310. The number of rotatable bonds is 9. The Morgan fingerprint density at radius 3 is 2.75 bits per heavy atom. The van der Waals surface area contributed by atoms with Crippen LogP contribution >= 0.6 is 7.75 Å². The van der Waals surface area contributed by atoms with Crippen LogP contribution in [-0.4, -0.2) is 62.6 Å². The quantitative estimate of drug-likeness (QED) is 0.215. The predicted octanol–water partition coefficient (Wildman–Crippen LogP) is 2.19. The lowest BCUT2D eigenvalue weighted by Crippen LogP contribution is -2.35. The molecule has 2 heterocycles. The number of carbonyl (C=O) groups is 1. The van der Waals surface area contributed by atoms with Gasteiger partial charge in [0.15, 0.2) is 17.6 Å². The second kappa shape index (κ2) is 10.3. The second-order valence-electron chi connectivity index (χ2n) is 8.22. The summed E-state index contributed by atoms with van der Waals surface area (Å²) in [5.74, 6) is -1.33. The Balaban J connectivity index is 1.56. The number of para-hydroxylation sites is 1. The van der Waals surface area contributed by atoms with E-state index in [1.807, 2.05) is 0 Å². The van der Waals surface area contributed by atoms with E-state index >= 15 is 4.39 Å². The van der Waals surface area contributed by atoms with Crippen LogP contribution in [0, 0.1) is 5.92 Å². The van der Waals surface area contributed by atoms with E-state index in [0.29, 0.717) is 0 Å².